The molecule has 1 fully saturated rings. The molecule has 0 saturated carbocycles. The molecule has 76 valence electrons. The van der Waals surface area contributed by atoms with E-state index >= 15 is 0 Å². The molecular formula is C12H19N2+. The highest BCUT2D eigenvalue weighted by molar-refractivity contribution is 5.12. The molecule has 2 unspecified atom stereocenters. The lowest BCUT2D eigenvalue weighted by molar-refractivity contribution is -0.925. The van der Waals surface area contributed by atoms with Crippen LogP contribution >= 0.6 is 0 Å². The predicted octanol–water partition coefficient (Wildman–Crippen LogP) is 2.38. The third-order valence-corrected chi connectivity index (χ3v) is 3.69. The molecule has 2 atom stereocenters. The van der Waals surface area contributed by atoms with Crippen molar-refractivity contribution in [2.75, 3.05) is 20.1 Å². The van der Waals surface area contributed by atoms with E-state index in [-0.39, 0.29) is 0 Å². The average molecular weight is 191 g/mol. The van der Waals surface area contributed by atoms with Gasteiger partial charge in [0.05, 0.1) is 20.1 Å². The quantitative estimate of drug-likeness (QED) is 0.654. The van der Waals surface area contributed by atoms with Gasteiger partial charge in [-0.25, -0.2) is 0 Å². The van der Waals surface area contributed by atoms with E-state index in [4.69, 9.17) is 0 Å². The summed E-state index contributed by atoms with van der Waals surface area (Å²) in [6, 6.07) is 4.94. The number of pyridine rings is 1. The zero-order valence-electron chi connectivity index (χ0n) is 9.11. The Balaban J connectivity index is 2.26. The lowest BCUT2D eigenvalue weighted by Gasteiger charge is -2.35. The van der Waals surface area contributed by atoms with E-state index < -0.39 is 0 Å². The summed E-state index contributed by atoms with van der Waals surface area (Å²) in [5.41, 5.74) is 1.41. The van der Waals surface area contributed by atoms with Gasteiger partial charge in [0.2, 0.25) is 0 Å². The molecule has 2 rings (SSSR count). The number of aromatic nitrogens is 1. The van der Waals surface area contributed by atoms with Crippen molar-refractivity contribution in [3.63, 3.8) is 0 Å². The topological polar surface area (TPSA) is 12.9 Å². The predicted molar refractivity (Wildman–Crippen MR) is 57.8 cm³/mol. The van der Waals surface area contributed by atoms with Crippen molar-refractivity contribution in [1.29, 1.82) is 0 Å². The van der Waals surface area contributed by atoms with Crippen molar-refractivity contribution >= 4 is 0 Å². The van der Waals surface area contributed by atoms with Crippen LogP contribution in [-0.2, 0) is 0 Å². The second-order valence-electron chi connectivity index (χ2n) is 4.46. The fourth-order valence-electron chi connectivity index (χ4n) is 2.59. The second-order valence-corrected chi connectivity index (χ2v) is 4.46. The highest BCUT2D eigenvalue weighted by atomic mass is 15.4. The molecule has 1 aromatic rings. The first-order chi connectivity index (χ1) is 6.76. The number of quaternary nitrogens is 1. The molecule has 0 aliphatic carbocycles. The van der Waals surface area contributed by atoms with E-state index in [2.05, 4.69) is 25.0 Å². The summed E-state index contributed by atoms with van der Waals surface area (Å²) < 4.78 is 1.19. The molecule has 0 spiro atoms. The molecule has 1 aliphatic rings. The zero-order chi connectivity index (χ0) is 10.0. The van der Waals surface area contributed by atoms with Gasteiger partial charge in [-0.1, -0.05) is 6.07 Å². The summed E-state index contributed by atoms with van der Waals surface area (Å²) in [4.78, 5) is 4.22. The highest BCUT2D eigenvalue weighted by Gasteiger charge is 2.37. The lowest BCUT2D eigenvalue weighted by atomic mass is 10.1. The first kappa shape index (κ1) is 9.66. The molecule has 0 N–H and O–H groups in total. The summed E-state index contributed by atoms with van der Waals surface area (Å²) in [7, 11) is 2.37. The summed E-state index contributed by atoms with van der Waals surface area (Å²) in [6.45, 7) is 4.82. The van der Waals surface area contributed by atoms with Crippen LogP contribution in [0.2, 0.25) is 0 Å². The van der Waals surface area contributed by atoms with Gasteiger partial charge in [0, 0.05) is 30.8 Å². The first-order valence-electron chi connectivity index (χ1n) is 5.50. The van der Waals surface area contributed by atoms with E-state index in [0.29, 0.717) is 6.04 Å². The number of likely N-dealkylation sites (tertiary alicyclic amines) is 1. The summed E-state index contributed by atoms with van der Waals surface area (Å²) in [6.07, 6.45) is 6.55. The van der Waals surface area contributed by atoms with Gasteiger partial charge in [-0.3, -0.25) is 4.98 Å². The summed E-state index contributed by atoms with van der Waals surface area (Å²) in [5.74, 6) is 0. The second kappa shape index (κ2) is 3.70. The minimum Gasteiger partial charge on any atom is -0.320 e. The third kappa shape index (κ3) is 1.55. The smallest absolute Gasteiger partial charge is 0.116 e. The summed E-state index contributed by atoms with van der Waals surface area (Å²) in [5, 5.41) is 0. The average Bonchev–Trinajstić information content (AvgIpc) is 2.63. The largest absolute Gasteiger partial charge is 0.320 e. The molecule has 1 aliphatic heterocycles. The lowest BCUT2D eigenvalue weighted by Crippen LogP contribution is -2.42. The third-order valence-electron chi connectivity index (χ3n) is 3.69. The van der Waals surface area contributed by atoms with Crippen molar-refractivity contribution in [1.82, 2.24) is 4.98 Å². The van der Waals surface area contributed by atoms with E-state index in [1.807, 2.05) is 18.5 Å². The van der Waals surface area contributed by atoms with Gasteiger partial charge in [-0.15, -0.1) is 0 Å². The SMILES string of the molecule is CC[N+]1(C)CCCC1c1cccnc1. The van der Waals surface area contributed by atoms with Gasteiger partial charge < -0.3 is 4.48 Å². The zero-order valence-corrected chi connectivity index (χ0v) is 9.11. The maximum Gasteiger partial charge on any atom is 0.116 e. The molecule has 14 heavy (non-hydrogen) atoms. The number of hydrogen-bond acceptors (Lipinski definition) is 1. The van der Waals surface area contributed by atoms with Crippen LogP contribution < -0.4 is 0 Å². The number of nitrogens with zero attached hydrogens (tertiary/aromatic N) is 2. The molecule has 0 aromatic carbocycles. The molecule has 2 heteroatoms. The van der Waals surface area contributed by atoms with Gasteiger partial charge in [0.1, 0.15) is 6.04 Å². The standard InChI is InChI=1S/C12H19N2/c1-3-14(2)9-5-7-12(14)11-6-4-8-13-10-11/h4,6,8,10,12H,3,5,7,9H2,1-2H3/q+1. The number of hydrogen-bond donors (Lipinski definition) is 0. The maximum atomic E-state index is 4.22. The molecule has 0 bridgehead atoms. The molecule has 2 heterocycles. The van der Waals surface area contributed by atoms with Crippen molar-refractivity contribution in [3.05, 3.63) is 30.1 Å². The van der Waals surface area contributed by atoms with Gasteiger partial charge in [-0.05, 0) is 13.0 Å². The molecular weight excluding hydrogens is 172 g/mol. The van der Waals surface area contributed by atoms with Crippen LogP contribution in [0.15, 0.2) is 24.5 Å². The van der Waals surface area contributed by atoms with Crippen LogP contribution in [0.25, 0.3) is 0 Å². The Labute approximate surface area is 86.2 Å². The molecule has 0 amide bonds. The fraction of sp³-hybridized carbons (Fsp3) is 0.583. The molecule has 0 radical (unpaired) electrons. The fourth-order valence-corrected chi connectivity index (χ4v) is 2.59. The van der Waals surface area contributed by atoms with E-state index in [9.17, 15) is 0 Å². The normalized spacial score (nSPS) is 32.0. The van der Waals surface area contributed by atoms with Crippen LogP contribution in [0.4, 0.5) is 0 Å². The van der Waals surface area contributed by atoms with E-state index in [1.54, 1.807) is 0 Å². The van der Waals surface area contributed by atoms with Crippen molar-refractivity contribution in [2.24, 2.45) is 0 Å². The minimum atomic E-state index is 0.675. The van der Waals surface area contributed by atoms with Crippen molar-refractivity contribution in [2.45, 2.75) is 25.8 Å². The van der Waals surface area contributed by atoms with Crippen LogP contribution in [0.3, 0.4) is 0 Å². The van der Waals surface area contributed by atoms with Gasteiger partial charge in [0.25, 0.3) is 0 Å². The van der Waals surface area contributed by atoms with E-state index in [1.165, 1.54) is 36.0 Å². The Hall–Kier alpha value is -0.890. The Morgan fingerprint density at radius 1 is 1.57 bits per heavy atom. The Kier molecular flexibility index (Phi) is 2.55. The van der Waals surface area contributed by atoms with Gasteiger partial charge >= 0.3 is 0 Å². The van der Waals surface area contributed by atoms with Crippen molar-refractivity contribution < 1.29 is 4.48 Å². The van der Waals surface area contributed by atoms with Crippen LogP contribution in [-0.4, -0.2) is 29.6 Å². The first-order valence-corrected chi connectivity index (χ1v) is 5.50. The van der Waals surface area contributed by atoms with Crippen LogP contribution in [0.1, 0.15) is 31.4 Å². The Morgan fingerprint density at radius 2 is 2.43 bits per heavy atom. The monoisotopic (exact) mass is 191 g/mol. The molecule has 1 aromatic heterocycles. The highest BCUT2D eigenvalue weighted by Crippen LogP contribution is 2.36. The van der Waals surface area contributed by atoms with Crippen LogP contribution in [0.5, 0.6) is 0 Å². The minimum absolute atomic E-state index is 0.675. The Morgan fingerprint density at radius 3 is 3.07 bits per heavy atom. The Bertz CT molecular complexity index is 296. The van der Waals surface area contributed by atoms with E-state index in [0.717, 1.165) is 0 Å². The molecule has 2 nitrogen and oxygen atoms in total. The maximum absolute atomic E-state index is 4.22. The van der Waals surface area contributed by atoms with Gasteiger partial charge in [0.15, 0.2) is 0 Å². The van der Waals surface area contributed by atoms with Crippen molar-refractivity contribution in [3.8, 4) is 0 Å². The number of rotatable bonds is 2. The molecule has 1 saturated heterocycles. The van der Waals surface area contributed by atoms with Gasteiger partial charge in [-0.2, -0.15) is 0 Å². The summed E-state index contributed by atoms with van der Waals surface area (Å²) >= 11 is 0. The van der Waals surface area contributed by atoms with Crippen LogP contribution in [0, 0.1) is 0 Å².